The zero-order valence-corrected chi connectivity index (χ0v) is 16.0. The first-order valence-electron chi connectivity index (χ1n) is 9.24. The molecule has 1 saturated carbocycles. The SMILES string of the molecule is CNS(=O)(=O)c1ccccc1N1CCN(C(=O)C2CCCC(N)C2)CC1. The summed E-state index contributed by atoms with van der Waals surface area (Å²) in [6.45, 7) is 2.47. The predicted octanol–water partition coefficient (Wildman–Crippen LogP) is 0.761. The topological polar surface area (TPSA) is 95.7 Å². The number of sulfonamides is 1. The van der Waals surface area contributed by atoms with Gasteiger partial charge in [0.25, 0.3) is 0 Å². The number of hydrogen-bond acceptors (Lipinski definition) is 5. The standard InChI is InChI=1S/C18H28N4O3S/c1-20-26(24,25)17-8-3-2-7-16(17)21-9-11-22(12-10-21)18(23)14-5-4-6-15(19)13-14/h2-3,7-8,14-15,20H,4-6,9-13,19H2,1H3. The highest BCUT2D eigenvalue weighted by Gasteiger charge is 2.31. The number of benzene rings is 1. The molecule has 0 aromatic heterocycles. The van der Waals surface area contributed by atoms with Crippen LogP contribution in [0.25, 0.3) is 0 Å². The summed E-state index contributed by atoms with van der Waals surface area (Å²) >= 11 is 0. The van der Waals surface area contributed by atoms with Gasteiger partial charge in [-0.2, -0.15) is 0 Å². The van der Waals surface area contributed by atoms with Crippen molar-refractivity contribution >= 4 is 21.6 Å². The van der Waals surface area contributed by atoms with Crippen molar-refractivity contribution in [1.82, 2.24) is 9.62 Å². The Hall–Kier alpha value is -1.64. The van der Waals surface area contributed by atoms with Crippen LogP contribution < -0.4 is 15.4 Å². The minimum Gasteiger partial charge on any atom is -0.367 e. The molecule has 1 aromatic carbocycles. The number of nitrogens with zero attached hydrogens (tertiary/aromatic N) is 2. The van der Waals surface area contributed by atoms with Crippen LogP contribution in [0.3, 0.4) is 0 Å². The lowest BCUT2D eigenvalue weighted by Gasteiger charge is -2.39. The van der Waals surface area contributed by atoms with Crippen molar-refractivity contribution in [2.24, 2.45) is 11.7 Å². The van der Waals surface area contributed by atoms with Crippen molar-refractivity contribution < 1.29 is 13.2 Å². The van der Waals surface area contributed by atoms with Crippen LogP contribution in [0, 0.1) is 5.92 Å². The molecule has 7 nitrogen and oxygen atoms in total. The average molecular weight is 381 g/mol. The summed E-state index contributed by atoms with van der Waals surface area (Å²) in [5.41, 5.74) is 6.71. The lowest BCUT2D eigenvalue weighted by atomic mass is 9.85. The van der Waals surface area contributed by atoms with Crippen LogP contribution in [0.2, 0.25) is 0 Å². The molecule has 144 valence electrons. The van der Waals surface area contributed by atoms with E-state index >= 15 is 0 Å². The first kappa shape index (κ1) is 19.1. The molecule has 2 aliphatic rings. The molecule has 8 heteroatoms. The summed E-state index contributed by atoms with van der Waals surface area (Å²) in [4.78, 5) is 17.0. The summed E-state index contributed by atoms with van der Waals surface area (Å²) < 4.78 is 26.9. The number of carbonyl (C=O) groups excluding carboxylic acids is 1. The van der Waals surface area contributed by atoms with Crippen LogP contribution >= 0.6 is 0 Å². The fourth-order valence-corrected chi connectivity index (χ4v) is 4.88. The lowest BCUT2D eigenvalue weighted by molar-refractivity contribution is -0.137. The highest BCUT2D eigenvalue weighted by atomic mass is 32.2. The van der Waals surface area contributed by atoms with E-state index in [2.05, 4.69) is 4.72 Å². The van der Waals surface area contributed by atoms with E-state index in [1.54, 1.807) is 12.1 Å². The number of anilines is 1. The highest BCUT2D eigenvalue weighted by molar-refractivity contribution is 7.89. The molecule has 1 aliphatic carbocycles. The molecule has 0 radical (unpaired) electrons. The third-order valence-electron chi connectivity index (χ3n) is 5.42. The quantitative estimate of drug-likeness (QED) is 0.804. The van der Waals surface area contributed by atoms with E-state index in [1.807, 2.05) is 21.9 Å². The second-order valence-electron chi connectivity index (χ2n) is 7.11. The van der Waals surface area contributed by atoms with Crippen LogP contribution in [-0.4, -0.2) is 58.5 Å². The summed E-state index contributed by atoms with van der Waals surface area (Å²) in [7, 11) is -2.10. The number of hydrogen-bond donors (Lipinski definition) is 2. The maximum absolute atomic E-state index is 12.8. The zero-order chi connectivity index (χ0) is 18.7. The van der Waals surface area contributed by atoms with Gasteiger partial charge in [-0.1, -0.05) is 18.6 Å². The number of carbonyl (C=O) groups is 1. The third-order valence-corrected chi connectivity index (χ3v) is 6.88. The van der Waals surface area contributed by atoms with Crippen molar-refractivity contribution in [3.8, 4) is 0 Å². The van der Waals surface area contributed by atoms with Crippen LogP contribution in [0.5, 0.6) is 0 Å². The Morgan fingerprint density at radius 2 is 1.85 bits per heavy atom. The summed E-state index contributed by atoms with van der Waals surface area (Å²) in [6.07, 6.45) is 3.74. The van der Waals surface area contributed by atoms with E-state index in [9.17, 15) is 13.2 Å². The minimum atomic E-state index is -3.52. The Morgan fingerprint density at radius 1 is 1.15 bits per heavy atom. The molecule has 2 unspecified atom stereocenters. The molecule has 26 heavy (non-hydrogen) atoms. The molecule has 2 atom stereocenters. The van der Waals surface area contributed by atoms with Crippen molar-refractivity contribution in [2.75, 3.05) is 38.1 Å². The lowest BCUT2D eigenvalue weighted by Crippen LogP contribution is -2.51. The van der Waals surface area contributed by atoms with Gasteiger partial charge in [0.2, 0.25) is 15.9 Å². The van der Waals surface area contributed by atoms with Gasteiger partial charge >= 0.3 is 0 Å². The third kappa shape index (κ3) is 4.02. The van der Waals surface area contributed by atoms with Gasteiger partial charge in [-0.25, -0.2) is 13.1 Å². The maximum Gasteiger partial charge on any atom is 0.242 e. The molecule has 1 aliphatic heterocycles. The summed E-state index contributed by atoms with van der Waals surface area (Å²) in [5.74, 6) is 0.248. The molecule has 1 aromatic rings. The van der Waals surface area contributed by atoms with Gasteiger partial charge in [-0.05, 0) is 38.4 Å². The molecule has 2 fully saturated rings. The van der Waals surface area contributed by atoms with Crippen LogP contribution in [0.1, 0.15) is 25.7 Å². The van der Waals surface area contributed by atoms with Gasteiger partial charge < -0.3 is 15.5 Å². The van der Waals surface area contributed by atoms with Crippen LogP contribution in [0.15, 0.2) is 29.2 Å². The molecular formula is C18H28N4O3S. The molecule has 0 bridgehead atoms. The van der Waals surface area contributed by atoms with Gasteiger partial charge in [0, 0.05) is 38.1 Å². The number of nitrogens with two attached hydrogens (primary N) is 1. The Labute approximate surface area is 155 Å². The number of para-hydroxylation sites is 1. The van der Waals surface area contributed by atoms with Crippen molar-refractivity contribution in [3.63, 3.8) is 0 Å². The Kier molecular flexibility index (Phi) is 5.84. The van der Waals surface area contributed by atoms with Gasteiger partial charge in [-0.15, -0.1) is 0 Å². The average Bonchev–Trinajstić information content (AvgIpc) is 2.67. The molecule has 1 saturated heterocycles. The number of piperazine rings is 1. The smallest absolute Gasteiger partial charge is 0.242 e. The van der Waals surface area contributed by atoms with Gasteiger partial charge in [-0.3, -0.25) is 4.79 Å². The Bertz CT molecular complexity index is 745. The molecule has 3 rings (SSSR count). The van der Waals surface area contributed by atoms with E-state index in [1.165, 1.54) is 7.05 Å². The van der Waals surface area contributed by atoms with Gasteiger partial charge in [0.1, 0.15) is 4.90 Å². The van der Waals surface area contributed by atoms with Gasteiger partial charge in [0.15, 0.2) is 0 Å². The number of rotatable bonds is 4. The fraction of sp³-hybridized carbons (Fsp3) is 0.611. The number of nitrogens with one attached hydrogen (secondary N) is 1. The van der Waals surface area contributed by atoms with E-state index in [-0.39, 0.29) is 22.8 Å². The van der Waals surface area contributed by atoms with Crippen molar-refractivity contribution in [1.29, 1.82) is 0 Å². The van der Waals surface area contributed by atoms with E-state index in [0.29, 0.717) is 31.9 Å². The predicted molar refractivity (Wildman–Crippen MR) is 101 cm³/mol. The van der Waals surface area contributed by atoms with E-state index in [4.69, 9.17) is 5.73 Å². The molecule has 0 spiro atoms. The first-order valence-corrected chi connectivity index (χ1v) is 10.7. The van der Waals surface area contributed by atoms with Crippen molar-refractivity contribution in [3.05, 3.63) is 24.3 Å². The fourth-order valence-electron chi connectivity index (χ4n) is 3.93. The molecular weight excluding hydrogens is 352 g/mol. The highest BCUT2D eigenvalue weighted by Crippen LogP contribution is 2.28. The minimum absolute atomic E-state index is 0.0438. The molecule has 1 amide bonds. The van der Waals surface area contributed by atoms with E-state index < -0.39 is 10.0 Å². The first-order chi connectivity index (χ1) is 12.4. The van der Waals surface area contributed by atoms with E-state index in [0.717, 1.165) is 25.7 Å². The maximum atomic E-state index is 12.8. The molecule has 1 heterocycles. The summed E-state index contributed by atoms with van der Waals surface area (Å²) in [6, 6.07) is 7.13. The Balaban J connectivity index is 1.67. The summed E-state index contributed by atoms with van der Waals surface area (Å²) in [5, 5.41) is 0. The molecule has 3 N–H and O–H groups in total. The largest absolute Gasteiger partial charge is 0.367 e. The second kappa shape index (κ2) is 7.94. The van der Waals surface area contributed by atoms with Gasteiger partial charge in [0.05, 0.1) is 5.69 Å². The zero-order valence-electron chi connectivity index (χ0n) is 15.2. The second-order valence-corrected chi connectivity index (χ2v) is 8.97. The van der Waals surface area contributed by atoms with Crippen molar-refractivity contribution in [2.45, 2.75) is 36.6 Å². The monoisotopic (exact) mass is 380 g/mol. The Morgan fingerprint density at radius 3 is 2.50 bits per heavy atom. The number of amides is 1. The normalized spacial score (nSPS) is 24.5. The van der Waals surface area contributed by atoms with Crippen LogP contribution in [-0.2, 0) is 14.8 Å². The van der Waals surface area contributed by atoms with Crippen LogP contribution in [0.4, 0.5) is 5.69 Å².